The van der Waals surface area contributed by atoms with Gasteiger partial charge in [0.05, 0.1) is 24.7 Å². The summed E-state index contributed by atoms with van der Waals surface area (Å²) in [7, 11) is 3.72. The summed E-state index contributed by atoms with van der Waals surface area (Å²) in [6, 6.07) is 5.98. The highest BCUT2D eigenvalue weighted by Gasteiger charge is 2.07. The summed E-state index contributed by atoms with van der Waals surface area (Å²) in [6.45, 7) is 3.99. The molecule has 0 amide bonds. The number of nitrogens with zero attached hydrogens (tertiary/aromatic N) is 2. The third-order valence-electron chi connectivity index (χ3n) is 2.89. The Hall–Kier alpha value is -1.55. The van der Waals surface area contributed by atoms with E-state index in [9.17, 15) is 0 Å². The van der Waals surface area contributed by atoms with Crippen molar-refractivity contribution in [3.8, 4) is 5.75 Å². The van der Waals surface area contributed by atoms with Gasteiger partial charge in [-0.05, 0) is 25.1 Å². The minimum absolute atomic E-state index is 0.807. The number of hydrogen-bond donors (Lipinski definition) is 1. The van der Waals surface area contributed by atoms with Gasteiger partial charge in [0.2, 0.25) is 0 Å². The van der Waals surface area contributed by atoms with Crippen molar-refractivity contribution in [1.29, 1.82) is 0 Å². The molecule has 17 heavy (non-hydrogen) atoms. The molecule has 0 unspecified atom stereocenters. The molecule has 1 aromatic heterocycles. The van der Waals surface area contributed by atoms with Gasteiger partial charge >= 0.3 is 0 Å². The molecule has 4 nitrogen and oxygen atoms in total. The van der Waals surface area contributed by atoms with Crippen molar-refractivity contribution in [3.05, 3.63) is 24.0 Å². The van der Waals surface area contributed by atoms with Gasteiger partial charge in [0.15, 0.2) is 0 Å². The van der Waals surface area contributed by atoms with Gasteiger partial charge in [-0.3, -0.25) is 0 Å². The number of methoxy groups -OCH3 is 1. The van der Waals surface area contributed by atoms with Crippen molar-refractivity contribution in [1.82, 2.24) is 14.9 Å². The molecule has 1 aromatic carbocycles. The summed E-state index contributed by atoms with van der Waals surface area (Å²) in [5.41, 5.74) is 2.12. The first-order valence-electron chi connectivity index (χ1n) is 5.96. The molecule has 1 N–H and O–H groups in total. The van der Waals surface area contributed by atoms with E-state index in [1.807, 2.05) is 25.2 Å². The lowest BCUT2D eigenvalue weighted by Crippen LogP contribution is -2.16. The van der Waals surface area contributed by atoms with Gasteiger partial charge in [-0.15, -0.1) is 0 Å². The third kappa shape index (κ3) is 2.42. The van der Waals surface area contributed by atoms with Crippen LogP contribution in [0.2, 0.25) is 0 Å². The van der Waals surface area contributed by atoms with Crippen molar-refractivity contribution in [2.24, 2.45) is 7.05 Å². The molecule has 0 bridgehead atoms. The normalized spacial score (nSPS) is 11.0. The first-order chi connectivity index (χ1) is 8.26. The molecule has 1 heterocycles. The van der Waals surface area contributed by atoms with Crippen LogP contribution in [0.3, 0.4) is 0 Å². The molecule has 0 spiro atoms. The Morgan fingerprint density at radius 2 is 2.24 bits per heavy atom. The van der Waals surface area contributed by atoms with Gasteiger partial charge in [-0.2, -0.15) is 0 Å². The summed E-state index contributed by atoms with van der Waals surface area (Å²) in [5, 5.41) is 3.37. The molecular formula is C13H19N3O. The fourth-order valence-corrected chi connectivity index (χ4v) is 1.89. The number of rotatable bonds is 5. The summed E-state index contributed by atoms with van der Waals surface area (Å²) >= 11 is 0. The first-order valence-corrected chi connectivity index (χ1v) is 5.96. The van der Waals surface area contributed by atoms with E-state index in [4.69, 9.17) is 4.74 Å². The molecule has 0 saturated carbocycles. The van der Waals surface area contributed by atoms with Crippen molar-refractivity contribution >= 4 is 11.0 Å². The van der Waals surface area contributed by atoms with E-state index >= 15 is 0 Å². The Morgan fingerprint density at radius 3 is 2.94 bits per heavy atom. The van der Waals surface area contributed by atoms with E-state index in [0.717, 1.165) is 42.1 Å². The molecule has 0 aliphatic rings. The lowest BCUT2D eigenvalue weighted by Gasteiger charge is -2.03. The highest BCUT2D eigenvalue weighted by Crippen LogP contribution is 2.20. The molecule has 0 aliphatic carbocycles. The average molecular weight is 233 g/mol. The lowest BCUT2D eigenvalue weighted by atomic mass is 10.3. The van der Waals surface area contributed by atoms with Crippen molar-refractivity contribution in [3.63, 3.8) is 0 Å². The number of hydrogen-bond acceptors (Lipinski definition) is 3. The van der Waals surface area contributed by atoms with Gasteiger partial charge in [0.25, 0.3) is 0 Å². The summed E-state index contributed by atoms with van der Waals surface area (Å²) in [6.07, 6.45) is 1.14. The Labute approximate surface area is 102 Å². The number of imidazole rings is 1. The monoisotopic (exact) mass is 233 g/mol. The third-order valence-corrected chi connectivity index (χ3v) is 2.89. The van der Waals surface area contributed by atoms with E-state index in [2.05, 4.69) is 21.8 Å². The van der Waals surface area contributed by atoms with Crippen LogP contribution in [0.1, 0.15) is 19.2 Å². The average Bonchev–Trinajstić information content (AvgIpc) is 2.66. The highest BCUT2D eigenvalue weighted by molar-refractivity contribution is 5.77. The maximum atomic E-state index is 5.21. The van der Waals surface area contributed by atoms with Crippen LogP contribution in [-0.4, -0.2) is 23.2 Å². The van der Waals surface area contributed by atoms with Crippen LogP contribution < -0.4 is 10.1 Å². The van der Waals surface area contributed by atoms with Gasteiger partial charge < -0.3 is 14.6 Å². The zero-order valence-corrected chi connectivity index (χ0v) is 10.7. The molecule has 0 aliphatic heterocycles. The van der Waals surface area contributed by atoms with E-state index in [1.54, 1.807) is 7.11 Å². The maximum Gasteiger partial charge on any atom is 0.123 e. The van der Waals surface area contributed by atoms with E-state index in [-0.39, 0.29) is 0 Å². The van der Waals surface area contributed by atoms with Crippen LogP contribution in [0.15, 0.2) is 18.2 Å². The van der Waals surface area contributed by atoms with Gasteiger partial charge in [-0.25, -0.2) is 4.98 Å². The van der Waals surface area contributed by atoms with Crippen LogP contribution in [-0.2, 0) is 13.6 Å². The molecule has 0 radical (unpaired) electrons. The smallest absolute Gasteiger partial charge is 0.123 e. The number of fused-ring (bicyclic) bond motifs is 1. The second-order valence-corrected chi connectivity index (χ2v) is 4.12. The van der Waals surface area contributed by atoms with Crippen molar-refractivity contribution in [2.45, 2.75) is 19.9 Å². The molecule has 4 heteroatoms. The zero-order valence-electron chi connectivity index (χ0n) is 10.7. The highest BCUT2D eigenvalue weighted by atomic mass is 16.5. The maximum absolute atomic E-state index is 5.21. The summed E-state index contributed by atoms with van der Waals surface area (Å²) < 4.78 is 7.33. The number of ether oxygens (including phenoxy) is 1. The molecule has 2 aromatic rings. The number of aromatic nitrogens is 2. The van der Waals surface area contributed by atoms with Gasteiger partial charge in [-0.1, -0.05) is 6.92 Å². The topological polar surface area (TPSA) is 39.1 Å². The molecule has 92 valence electrons. The first kappa shape index (κ1) is 11.9. The minimum atomic E-state index is 0.807. The predicted octanol–water partition coefficient (Wildman–Crippen LogP) is 2.08. The van der Waals surface area contributed by atoms with Crippen LogP contribution >= 0.6 is 0 Å². The second-order valence-electron chi connectivity index (χ2n) is 4.12. The molecule has 0 atom stereocenters. The van der Waals surface area contributed by atoms with E-state index in [0.29, 0.717) is 0 Å². The second kappa shape index (κ2) is 5.19. The SMILES string of the molecule is CCCNCc1nc2cc(OC)ccc2n1C. The Morgan fingerprint density at radius 1 is 1.41 bits per heavy atom. The van der Waals surface area contributed by atoms with Crippen molar-refractivity contribution < 1.29 is 4.74 Å². The molecule has 0 saturated heterocycles. The number of benzene rings is 1. The Bertz CT molecular complexity index is 505. The van der Waals surface area contributed by atoms with E-state index < -0.39 is 0 Å². The minimum Gasteiger partial charge on any atom is -0.497 e. The Kier molecular flexibility index (Phi) is 3.64. The lowest BCUT2D eigenvalue weighted by molar-refractivity contribution is 0.415. The molecule has 2 rings (SSSR count). The van der Waals surface area contributed by atoms with Crippen LogP contribution in [0, 0.1) is 0 Å². The predicted molar refractivity (Wildman–Crippen MR) is 69.3 cm³/mol. The quantitative estimate of drug-likeness (QED) is 0.804. The number of aryl methyl sites for hydroxylation is 1. The summed E-state index contributed by atoms with van der Waals surface area (Å²) in [5.74, 6) is 1.91. The summed E-state index contributed by atoms with van der Waals surface area (Å²) in [4.78, 5) is 4.61. The van der Waals surface area contributed by atoms with E-state index in [1.165, 1.54) is 0 Å². The zero-order chi connectivity index (χ0) is 12.3. The largest absolute Gasteiger partial charge is 0.497 e. The van der Waals surface area contributed by atoms with Gasteiger partial charge in [0.1, 0.15) is 11.6 Å². The van der Waals surface area contributed by atoms with Crippen molar-refractivity contribution in [2.75, 3.05) is 13.7 Å². The fraction of sp³-hybridized carbons (Fsp3) is 0.462. The number of nitrogens with one attached hydrogen (secondary N) is 1. The van der Waals surface area contributed by atoms with Crippen LogP contribution in [0.4, 0.5) is 0 Å². The van der Waals surface area contributed by atoms with Gasteiger partial charge in [0, 0.05) is 13.1 Å². The molecule has 0 fully saturated rings. The van der Waals surface area contributed by atoms with Crippen LogP contribution in [0.25, 0.3) is 11.0 Å². The molecular weight excluding hydrogens is 214 g/mol. The van der Waals surface area contributed by atoms with Crippen LogP contribution in [0.5, 0.6) is 5.75 Å². The standard InChI is InChI=1S/C13H19N3O/c1-4-7-14-9-13-15-11-8-10(17-3)5-6-12(11)16(13)2/h5-6,8,14H,4,7,9H2,1-3H3. The Balaban J connectivity index is 2.28. The fourth-order valence-electron chi connectivity index (χ4n) is 1.89.